The summed E-state index contributed by atoms with van der Waals surface area (Å²) in [6, 6.07) is 10.0. The van der Waals surface area contributed by atoms with E-state index in [1.165, 1.54) is 5.56 Å². The van der Waals surface area contributed by atoms with Gasteiger partial charge in [-0.2, -0.15) is 0 Å². The van der Waals surface area contributed by atoms with E-state index in [-0.39, 0.29) is 11.8 Å². The minimum Gasteiger partial charge on any atom is -0.313 e. The number of piperidine rings is 1. The van der Waals surface area contributed by atoms with Crippen molar-refractivity contribution in [1.82, 2.24) is 14.9 Å². The van der Waals surface area contributed by atoms with Crippen molar-refractivity contribution in [2.75, 3.05) is 0 Å². The number of hydrogen-bond donors (Lipinski definition) is 1. The zero-order valence-corrected chi connectivity index (χ0v) is 14.5. The molecule has 1 aromatic carbocycles. The molecular formula is C20H21N3O2. The van der Waals surface area contributed by atoms with Gasteiger partial charge in [0.05, 0.1) is 5.52 Å². The van der Waals surface area contributed by atoms with E-state index >= 15 is 0 Å². The zero-order chi connectivity index (χ0) is 17.6. The number of rotatable bonds is 3. The lowest BCUT2D eigenvalue weighted by atomic mass is 9.97. The van der Waals surface area contributed by atoms with Crippen LogP contribution in [-0.4, -0.2) is 21.4 Å². The van der Waals surface area contributed by atoms with E-state index < -0.39 is 6.04 Å². The Balaban J connectivity index is 1.96. The number of benzene rings is 1. The monoisotopic (exact) mass is 335 g/mol. The number of fused-ring (bicyclic) bond motifs is 3. The second kappa shape index (κ2) is 5.99. The average Bonchev–Trinajstić information content (AvgIpc) is 2.95. The van der Waals surface area contributed by atoms with Gasteiger partial charge in [-0.1, -0.05) is 19.9 Å². The lowest BCUT2D eigenvalue weighted by Gasteiger charge is -2.23. The smallest absolute Gasteiger partial charge is 0.249 e. The fourth-order valence-electron chi connectivity index (χ4n) is 3.68. The first-order chi connectivity index (χ1) is 12.1. The van der Waals surface area contributed by atoms with Gasteiger partial charge in [0.2, 0.25) is 11.8 Å². The highest BCUT2D eigenvalue weighted by atomic mass is 16.2. The van der Waals surface area contributed by atoms with Gasteiger partial charge in [-0.25, -0.2) is 4.98 Å². The molecule has 5 heteroatoms. The molecular weight excluding hydrogens is 314 g/mol. The molecule has 2 amide bonds. The van der Waals surface area contributed by atoms with E-state index in [0.717, 1.165) is 28.4 Å². The predicted molar refractivity (Wildman–Crippen MR) is 97.4 cm³/mol. The molecule has 128 valence electrons. The number of carbonyl (C=O) groups excluding carboxylic acids is 2. The second-order valence-corrected chi connectivity index (χ2v) is 6.80. The van der Waals surface area contributed by atoms with E-state index in [1.807, 2.05) is 16.7 Å². The summed E-state index contributed by atoms with van der Waals surface area (Å²) in [5, 5.41) is 4.62. The minimum atomic E-state index is -0.401. The molecule has 1 aliphatic heterocycles. The largest absolute Gasteiger partial charge is 0.313 e. The number of nitrogens with one attached hydrogen (secondary N) is 1. The Hall–Kier alpha value is -2.69. The van der Waals surface area contributed by atoms with Crippen LogP contribution >= 0.6 is 0 Å². The van der Waals surface area contributed by atoms with Crippen LogP contribution in [-0.2, 0) is 9.59 Å². The molecule has 25 heavy (non-hydrogen) atoms. The average molecular weight is 335 g/mol. The molecule has 4 rings (SSSR count). The van der Waals surface area contributed by atoms with Gasteiger partial charge >= 0.3 is 0 Å². The van der Waals surface area contributed by atoms with E-state index in [0.29, 0.717) is 18.8 Å². The van der Waals surface area contributed by atoms with Gasteiger partial charge in [-0.3, -0.25) is 14.9 Å². The summed E-state index contributed by atoms with van der Waals surface area (Å²) in [5.41, 5.74) is 3.09. The van der Waals surface area contributed by atoms with Gasteiger partial charge < -0.3 is 4.57 Å². The molecule has 5 nitrogen and oxygen atoms in total. The Labute approximate surface area is 146 Å². The summed E-state index contributed by atoms with van der Waals surface area (Å²) < 4.78 is 1.99. The molecule has 0 radical (unpaired) electrons. The van der Waals surface area contributed by atoms with Crippen LogP contribution in [0.3, 0.4) is 0 Å². The summed E-state index contributed by atoms with van der Waals surface area (Å²) >= 11 is 0. The standard InChI is InChI=1S/C20H21N3O2/c1-3-12(2)13-6-7-16-15(11-13)14-5-4-10-21-19(14)23(16)17-8-9-18(24)22-20(17)25/h4-7,10-12,17H,3,8-9H2,1-2H3,(H,22,24,25). The van der Waals surface area contributed by atoms with Crippen molar-refractivity contribution in [2.24, 2.45) is 0 Å². The number of nitrogens with zero attached hydrogens (tertiary/aromatic N) is 2. The van der Waals surface area contributed by atoms with Crippen LogP contribution in [0.15, 0.2) is 36.5 Å². The molecule has 0 bridgehead atoms. The van der Waals surface area contributed by atoms with Crippen molar-refractivity contribution in [1.29, 1.82) is 0 Å². The maximum absolute atomic E-state index is 12.4. The SMILES string of the molecule is CCC(C)c1ccc2c(c1)c1cccnc1n2C1CCC(=O)NC1=O. The highest BCUT2D eigenvalue weighted by Crippen LogP contribution is 2.35. The number of amides is 2. The van der Waals surface area contributed by atoms with Gasteiger partial charge in [0.15, 0.2) is 0 Å². The number of imide groups is 1. The molecule has 3 heterocycles. The fraction of sp³-hybridized carbons (Fsp3) is 0.350. The Morgan fingerprint density at radius 1 is 1.28 bits per heavy atom. The van der Waals surface area contributed by atoms with Gasteiger partial charge in [0, 0.05) is 23.4 Å². The number of carbonyl (C=O) groups is 2. The van der Waals surface area contributed by atoms with Crippen LogP contribution in [0.25, 0.3) is 21.9 Å². The first-order valence-corrected chi connectivity index (χ1v) is 8.82. The molecule has 1 saturated heterocycles. The van der Waals surface area contributed by atoms with Crippen molar-refractivity contribution in [3.8, 4) is 0 Å². The van der Waals surface area contributed by atoms with E-state index in [2.05, 4.69) is 42.3 Å². The Morgan fingerprint density at radius 3 is 2.88 bits per heavy atom. The summed E-state index contributed by atoms with van der Waals surface area (Å²) in [5.74, 6) is 0.0378. The van der Waals surface area contributed by atoms with Crippen LogP contribution in [0.5, 0.6) is 0 Å². The lowest BCUT2D eigenvalue weighted by molar-refractivity contribution is -0.135. The molecule has 2 aromatic heterocycles. The third kappa shape index (κ3) is 2.51. The van der Waals surface area contributed by atoms with Crippen LogP contribution in [0.4, 0.5) is 0 Å². The molecule has 1 N–H and O–H groups in total. The first-order valence-electron chi connectivity index (χ1n) is 8.82. The van der Waals surface area contributed by atoms with Crippen LogP contribution in [0.2, 0.25) is 0 Å². The Kier molecular flexibility index (Phi) is 3.79. The molecule has 0 aliphatic carbocycles. The molecule has 1 fully saturated rings. The molecule has 1 aliphatic rings. The molecule has 0 spiro atoms. The van der Waals surface area contributed by atoms with Gasteiger partial charge in [-0.15, -0.1) is 0 Å². The molecule has 2 atom stereocenters. The maximum Gasteiger partial charge on any atom is 0.249 e. The van der Waals surface area contributed by atoms with Crippen LogP contribution < -0.4 is 5.32 Å². The van der Waals surface area contributed by atoms with Crippen molar-refractivity contribution >= 4 is 33.8 Å². The zero-order valence-electron chi connectivity index (χ0n) is 14.5. The minimum absolute atomic E-state index is 0.200. The maximum atomic E-state index is 12.4. The van der Waals surface area contributed by atoms with Crippen molar-refractivity contribution < 1.29 is 9.59 Å². The fourth-order valence-corrected chi connectivity index (χ4v) is 3.68. The lowest BCUT2D eigenvalue weighted by Crippen LogP contribution is -2.41. The third-order valence-corrected chi connectivity index (χ3v) is 5.29. The summed E-state index contributed by atoms with van der Waals surface area (Å²) in [6.07, 6.45) is 3.69. The van der Waals surface area contributed by atoms with Gasteiger partial charge in [0.25, 0.3) is 0 Å². The highest BCUT2D eigenvalue weighted by Gasteiger charge is 2.30. The molecule has 2 unspecified atom stereocenters. The van der Waals surface area contributed by atoms with Crippen LogP contribution in [0, 0.1) is 0 Å². The van der Waals surface area contributed by atoms with Crippen molar-refractivity contribution in [3.63, 3.8) is 0 Å². The van der Waals surface area contributed by atoms with E-state index in [4.69, 9.17) is 0 Å². The quantitative estimate of drug-likeness (QED) is 0.743. The van der Waals surface area contributed by atoms with E-state index in [1.54, 1.807) is 6.20 Å². The number of hydrogen-bond acceptors (Lipinski definition) is 3. The third-order valence-electron chi connectivity index (χ3n) is 5.29. The Bertz CT molecular complexity index is 989. The highest BCUT2D eigenvalue weighted by molar-refractivity contribution is 6.09. The van der Waals surface area contributed by atoms with E-state index in [9.17, 15) is 9.59 Å². The van der Waals surface area contributed by atoms with Crippen molar-refractivity contribution in [2.45, 2.75) is 45.1 Å². The summed E-state index contributed by atoms with van der Waals surface area (Å²) in [4.78, 5) is 28.5. The number of aromatic nitrogens is 2. The molecule has 0 saturated carbocycles. The Morgan fingerprint density at radius 2 is 2.12 bits per heavy atom. The normalized spacial score (nSPS) is 19.4. The van der Waals surface area contributed by atoms with Crippen molar-refractivity contribution in [3.05, 3.63) is 42.1 Å². The first kappa shape index (κ1) is 15.8. The topological polar surface area (TPSA) is 64.0 Å². The van der Waals surface area contributed by atoms with Crippen LogP contribution in [0.1, 0.15) is 50.6 Å². The second-order valence-electron chi connectivity index (χ2n) is 6.80. The predicted octanol–water partition coefficient (Wildman–Crippen LogP) is 3.68. The molecule has 3 aromatic rings. The number of pyridine rings is 1. The summed E-state index contributed by atoms with van der Waals surface area (Å²) in [7, 11) is 0. The summed E-state index contributed by atoms with van der Waals surface area (Å²) in [6.45, 7) is 4.40. The van der Waals surface area contributed by atoms with Gasteiger partial charge in [-0.05, 0) is 48.6 Å². The van der Waals surface area contributed by atoms with Gasteiger partial charge in [0.1, 0.15) is 11.7 Å².